The van der Waals surface area contributed by atoms with Gasteiger partial charge in [0, 0.05) is 17.8 Å². The lowest BCUT2D eigenvalue weighted by Gasteiger charge is -2.29. The fraction of sp³-hybridized carbons (Fsp3) is 0.800. The summed E-state index contributed by atoms with van der Waals surface area (Å²) in [5.41, 5.74) is 1.77. The van der Waals surface area contributed by atoms with Crippen LogP contribution in [0, 0.1) is 5.41 Å². The highest BCUT2D eigenvalue weighted by molar-refractivity contribution is 5.98. The number of unbranched alkanes of at least 4 members (excludes halogenated alkanes) is 1. The van der Waals surface area contributed by atoms with Crippen molar-refractivity contribution in [2.45, 2.75) is 33.6 Å². The van der Waals surface area contributed by atoms with Crippen molar-refractivity contribution in [3.05, 3.63) is 11.3 Å². The van der Waals surface area contributed by atoms with E-state index >= 15 is 0 Å². The van der Waals surface area contributed by atoms with Crippen molar-refractivity contribution in [3.63, 3.8) is 0 Å². The van der Waals surface area contributed by atoms with Gasteiger partial charge in [0.2, 0.25) is 0 Å². The number of carbonyl (C=O) groups excluding carboxylic acids is 1. The van der Waals surface area contributed by atoms with Gasteiger partial charge >= 0.3 is 0 Å². The van der Waals surface area contributed by atoms with Crippen molar-refractivity contribution in [1.82, 2.24) is 10.2 Å². The number of nitrogens with zero attached hydrogens (tertiary/aromatic N) is 1. The molecule has 1 heterocycles. The largest absolute Gasteiger partial charge is 0.386 e. The zero-order chi connectivity index (χ0) is 14.5. The zero-order valence-electron chi connectivity index (χ0n) is 13.0. The summed E-state index contributed by atoms with van der Waals surface area (Å²) in [6, 6.07) is 0. The molecule has 19 heavy (non-hydrogen) atoms. The van der Waals surface area contributed by atoms with E-state index in [1.165, 1.54) is 0 Å². The van der Waals surface area contributed by atoms with Gasteiger partial charge in [-0.1, -0.05) is 20.8 Å². The maximum absolute atomic E-state index is 12.0. The van der Waals surface area contributed by atoms with Gasteiger partial charge in [-0.3, -0.25) is 4.79 Å². The molecule has 0 aromatic carbocycles. The van der Waals surface area contributed by atoms with Gasteiger partial charge < -0.3 is 15.0 Å². The molecule has 1 N–H and O–H groups in total. The number of ether oxygens (including phenoxy) is 1. The summed E-state index contributed by atoms with van der Waals surface area (Å²) in [6.07, 6.45) is 2.26. The average molecular weight is 268 g/mol. The van der Waals surface area contributed by atoms with Crippen molar-refractivity contribution in [2.24, 2.45) is 5.41 Å². The molecule has 1 aliphatic heterocycles. The van der Waals surface area contributed by atoms with Crippen molar-refractivity contribution in [1.29, 1.82) is 0 Å². The lowest BCUT2D eigenvalue weighted by molar-refractivity contribution is -0.122. The van der Waals surface area contributed by atoms with E-state index in [4.69, 9.17) is 4.74 Å². The quantitative estimate of drug-likeness (QED) is 0.746. The molecule has 0 radical (unpaired) electrons. The molecule has 0 aliphatic carbocycles. The molecule has 0 amide bonds. The van der Waals surface area contributed by atoms with Crippen LogP contribution < -0.4 is 5.32 Å². The summed E-state index contributed by atoms with van der Waals surface area (Å²) < 4.78 is 5.34. The van der Waals surface area contributed by atoms with Gasteiger partial charge in [0.05, 0.1) is 6.61 Å². The van der Waals surface area contributed by atoms with Crippen LogP contribution in [0.4, 0.5) is 0 Å². The third kappa shape index (κ3) is 5.33. The first kappa shape index (κ1) is 16.2. The zero-order valence-corrected chi connectivity index (χ0v) is 13.0. The fourth-order valence-corrected chi connectivity index (χ4v) is 2.36. The van der Waals surface area contributed by atoms with Crippen LogP contribution in [0.25, 0.3) is 0 Å². The third-order valence-electron chi connectivity index (χ3n) is 3.18. The van der Waals surface area contributed by atoms with Crippen LogP contribution in [0.2, 0.25) is 0 Å². The second kappa shape index (κ2) is 7.06. The van der Waals surface area contributed by atoms with E-state index in [0.717, 1.165) is 37.2 Å². The molecule has 0 aromatic rings. The minimum Gasteiger partial charge on any atom is -0.386 e. The van der Waals surface area contributed by atoms with E-state index in [0.29, 0.717) is 6.61 Å². The van der Waals surface area contributed by atoms with Gasteiger partial charge in [0.25, 0.3) is 0 Å². The number of rotatable bonds is 6. The van der Waals surface area contributed by atoms with E-state index in [-0.39, 0.29) is 17.8 Å². The Hall–Kier alpha value is -0.870. The summed E-state index contributed by atoms with van der Waals surface area (Å²) in [7, 11) is 4.17. The Balaban J connectivity index is 2.55. The Morgan fingerprint density at radius 2 is 1.89 bits per heavy atom. The molecular weight excluding hydrogens is 240 g/mol. The molecular formula is C15H28N2O2. The molecule has 0 saturated carbocycles. The van der Waals surface area contributed by atoms with Gasteiger partial charge in [-0.15, -0.1) is 0 Å². The molecule has 0 aromatic heterocycles. The van der Waals surface area contributed by atoms with Gasteiger partial charge in [-0.25, -0.2) is 0 Å². The monoisotopic (exact) mass is 268 g/mol. The summed E-state index contributed by atoms with van der Waals surface area (Å²) in [6.45, 7) is 9.00. The number of ketones is 1. The number of Topliss-reactive ketones (excluding diaryl/α,β-unsaturated/α-hetero) is 1. The van der Waals surface area contributed by atoms with Crippen molar-refractivity contribution in [2.75, 3.05) is 40.4 Å². The first-order chi connectivity index (χ1) is 8.82. The first-order valence-electron chi connectivity index (χ1n) is 7.05. The topological polar surface area (TPSA) is 41.6 Å². The number of nitrogens with one attached hydrogen (secondary N) is 1. The highest BCUT2D eigenvalue weighted by Gasteiger charge is 2.30. The van der Waals surface area contributed by atoms with E-state index in [9.17, 15) is 4.79 Å². The first-order valence-corrected chi connectivity index (χ1v) is 7.05. The second-order valence-corrected chi connectivity index (χ2v) is 6.46. The summed E-state index contributed by atoms with van der Waals surface area (Å²) in [4.78, 5) is 14.2. The van der Waals surface area contributed by atoms with Crippen molar-refractivity contribution in [3.8, 4) is 0 Å². The molecule has 1 aliphatic rings. The van der Waals surface area contributed by atoms with E-state index < -0.39 is 0 Å². The highest BCUT2D eigenvalue weighted by atomic mass is 16.5. The molecule has 110 valence electrons. The van der Waals surface area contributed by atoms with Gasteiger partial charge in [0.1, 0.15) is 6.61 Å². The smallest absolute Gasteiger partial charge is 0.186 e. The predicted molar refractivity (Wildman–Crippen MR) is 78.1 cm³/mol. The van der Waals surface area contributed by atoms with Crippen LogP contribution in [0.5, 0.6) is 0 Å². The second-order valence-electron chi connectivity index (χ2n) is 6.46. The van der Waals surface area contributed by atoms with Crippen LogP contribution >= 0.6 is 0 Å². The van der Waals surface area contributed by atoms with Crippen LogP contribution in [0.15, 0.2) is 11.3 Å². The number of carbonyl (C=O) groups is 1. The minimum atomic E-state index is -0.118. The third-order valence-corrected chi connectivity index (χ3v) is 3.18. The fourth-order valence-electron chi connectivity index (χ4n) is 2.36. The molecule has 1 rings (SSSR count). The molecule has 0 atom stereocenters. The van der Waals surface area contributed by atoms with E-state index in [1.807, 2.05) is 0 Å². The van der Waals surface area contributed by atoms with Crippen molar-refractivity contribution >= 4 is 5.78 Å². The molecule has 0 bridgehead atoms. The van der Waals surface area contributed by atoms with Crippen LogP contribution in [0.3, 0.4) is 0 Å². The van der Waals surface area contributed by atoms with Gasteiger partial charge in [-0.05, 0) is 38.9 Å². The lowest BCUT2D eigenvalue weighted by atomic mass is 9.82. The number of hydrogen-bond acceptors (Lipinski definition) is 4. The van der Waals surface area contributed by atoms with Gasteiger partial charge in [0.15, 0.2) is 5.78 Å². The standard InChI is InChI=1S/C15H28N2O2/c1-15(2,3)14-12(10-19-11-13(14)18)16-8-6-7-9-17(4)5/h16H,6-11H2,1-5H3. The van der Waals surface area contributed by atoms with Crippen molar-refractivity contribution < 1.29 is 9.53 Å². The number of hydrogen-bond donors (Lipinski definition) is 1. The normalized spacial score (nSPS) is 17.3. The Kier molecular flexibility index (Phi) is 6.01. The molecule has 0 saturated heterocycles. The van der Waals surface area contributed by atoms with Gasteiger partial charge in [-0.2, -0.15) is 0 Å². The molecule has 4 nitrogen and oxygen atoms in total. The summed E-state index contributed by atoms with van der Waals surface area (Å²) in [5, 5.41) is 3.40. The summed E-state index contributed by atoms with van der Waals surface area (Å²) >= 11 is 0. The SMILES string of the molecule is CN(C)CCCCNC1=C(C(C)(C)C)C(=O)COC1. The predicted octanol–water partition coefficient (Wildman–Crippen LogP) is 1.82. The van der Waals surface area contributed by atoms with Crippen LogP contribution in [-0.2, 0) is 9.53 Å². The molecule has 4 heteroatoms. The van der Waals surface area contributed by atoms with E-state index in [1.54, 1.807) is 0 Å². The maximum atomic E-state index is 12.0. The highest BCUT2D eigenvalue weighted by Crippen LogP contribution is 2.30. The molecule has 0 fully saturated rings. The summed E-state index contributed by atoms with van der Waals surface area (Å²) in [5.74, 6) is 0.120. The maximum Gasteiger partial charge on any atom is 0.186 e. The Labute approximate surface area is 117 Å². The molecule has 0 unspecified atom stereocenters. The Morgan fingerprint density at radius 3 is 2.47 bits per heavy atom. The van der Waals surface area contributed by atoms with Crippen LogP contribution in [0.1, 0.15) is 33.6 Å². The van der Waals surface area contributed by atoms with E-state index in [2.05, 4.69) is 45.1 Å². The Morgan fingerprint density at radius 1 is 1.21 bits per heavy atom. The minimum absolute atomic E-state index is 0.118. The molecule has 0 spiro atoms. The van der Waals surface area contributed by atoms with Crippen LogP contribution in [-0.4, -0.2) is 51.1 Å². The average Bonchev–Trinajstić information content (AvgIpc) is 2.26. The lowest BCUT2D eigenvalue weighted by Crippen LogP contribution is -2.35. The Bertz CT molecular complexity index is 341.